The Morgan fingerprint density at radius 3 is 1.66 bits per heavy atom. The minimum atomic E-state index is 0.773. The van der Waals surface area contributed by atoms with E-state index in [1.165, 1.54) is 22.3 Å². The molecule has 0 spiro atoms. The van der Waals surface area contributed by atoms with E-state index in [4.69, 9.17) is 9.47 Å². The van der Waals surface area contributed by atoms with E-state index in [1.54, 1.807) is 14.2 Å². The first-order valence-electron chi connectivity index (χ1n) is 11.5. The zero-order valence-corrected chi connectivity index (χ0v) is 19.4. The maximum atomic E-state index is 5.39. The van der Waals surface area contributed by atoms with Crippen LogP contribution in [0.2, 0.25) is 0 Å². The Morgan fingerprint density at radius 1 is 0.531 bits per heavy atom. The van der Waals surface area contributed by atoms with Crippen molar-refractivity contribution in [1.29, 1.82) is 0 Å². The van der Waals surface area contributed by atoms with E-state index >= 15 is 0 Å². The van der Waals surface area contributed by atoms with Gasteiger partial charge in [0.2, 0.25) is 0 Å². The van der Waals surface area contributed by atoms with Crippen LogP contribution in [-0.4, -0.2) is 40.4 Å². The minimum absolute atomic E-state index is 0.773. The lowest BCUT2D eigenvalue weighted by atomic mass is 10.0. The van der Waals surface area contributed by atoms with Gasteiger partial charge in [-0.25, -0.2) is 0 Å². The Morgan fingerprint density at radius 2 is 1.06 bits per heavy atom. The van der Waals surface area contributed by atoms with Crippen molar-refractivity contribution in [1.82, 2.24) is 10.6 Å². The fraction of sp³-hybridized carbons (Fsp3) is 0.357. The summed E-state index contributed by atoms with van der Waals surface area (Å²) in [6.45, 7) is 3.95. The van der Waals surface area contributed by atoms with E-state index in [0.29, 0.717) is 0 Å². The molecule has 0 saturated carbocycles. The third-order valence-corrected chi connectivity index (χ3v) is 5.73. The molecule has 3 rings (SSSR count). The van der Waals surface area contributed by atoms with Crippen LogP contribution in [0.3, 0.4) is 0 Å². The van der Waals surface area contributed by atoms with Gasteiger partial charge in [-0.3, -0.25) is 0 Å². The highest BCUT2D eigenvalue weighted by atomic mass is 16.5. The predicted molar refractivity (Wildman–Crippen MR) is 133 cm³/mol. The van der Waals surface area contributed by atoms with E-state index in [2.05, 4.69) is 77.4 Å². The molecule has 0 amide bonds. The van der Waals surface area contributed by atoms with Crippen molar-refractivity contribution in [2.24, 2.45) is 0 Å². The molecule has 0 bridgehead atoms. The molecule has 0 aromatic heterocycles. The summed E-state index contributed by atoms with van der Waals surface area (Å²) in [7, 11) is 3.34. The van der Waals surface area contributed by atoms with Crippen LogP contribution >= 0.6 is 0 Å². The molecule has 0 atom stereocenters. The van der Waals surface area contributed by atoms with Gasteiger partial charge in [0.25, 0.3) is 0 Å². The fourth-order valence-electron chi connectivity index (χ4n) is 3.89. The summed E-state index contributed by atoms with van der Waals surface area (Å²) in [5.74, 6) is 1.56. The average molecular weight is 433 g/mol. The van der Waals surface area contributed by atoms with Crippen LogP contribution in [0.25, 0.3) is 0 Å². The van der Waals surface area contributed by atoms with Crippen LogP contribution in [0.5, 0.6) is 11.5 Å². The van der Waals surface area contributed by atoms with Crippen molar-refractivity contribution >= 4 is 0 Å². The van der Waals surface area contributed by atoms with Crippen molar-refractivity contribution in [2.75, 3.05) is 40.4 Å². The molecular weight excluding hydrogens is 396 g/mol. The van der Waals surface area contributed by atoms with Crippen molar-refractivity contribution in [3.8, 4) is 11.5 Å². The van der Waals surface area contributed by atoms with Gasteiger partial charge in [-0.2, -0.15) is 0 Å². The van der Waals surface area contributed by atoms with Crippen LogP contribution in [0.1, 0.15) is 22.3 Å². The molecule has 0 heterocycles. The summed E-state index contributed by atoms with van der Waals surface area (Å²) >= 11 is 0. The third kappa shape index (κ3) is 7.70. The molecule has 0 fully saturated rings. The predicted octanol–water partition coefficient (Wildman–Crippen LogP) is 4.45. The lowest BCUT2D eigenvalue weighted by molar-refractivity contribution is 0.354. The summed E-state index contributed by atoms with van der Waals surface area (Å²) in [6.07, 6.45) is 4.16. The molecule has 32 heavy (non-hydrogen) atoms. The number of hydrogen-bond acceptors (Lipinski definition) is 4. The van der Waals surface area contributed by atoms with Gasteiger partial charge in [-0.1, -0.05) is 60.7 Å². The number of hydrogen-bond donors (Lipinski definition) is 2. The molecule has 4 heteroatoms. The first-order valence-corrected chi connectivity index (χ1v) is 11.5. The molecular formula is C28H36N2O2. The third-order valence-electron chi connectivity index (χ3n) is 5.73. The van der Waals surface area contributed by atoms with Crippen LogP contribution in [0.15, 0.2) is 72.8 Å². The van der Waals surface area contributed by atoms with Gasteiger partial charge < -0.3 is 20.1 Å². The highest BCUT2D eigenvalue weighted by Gasteiger charge is 2.05. The Balaban J connectivity index is 1.35. The van der Waals surface area contributed by atoms with Crippen molar-refractivity contribution in [3.63, 3.8) is 0 Å². The van der Waals surface area contributed by atoms with Crippen molar-refractivity contribution < 1.29 is 9.47 Å². The average Bonchev–Trinajstić information content (AvgIpc) is 2.85. The second-order valence-corrected chi connectivity index (χ2v) is 7.94. The largest absolute Gasteiger partial charge is 0.493 e. The number of ether oxygens (including phenoxy) is 2. The van der Waals surface area contributed by atoms with E-state index in [-0.39, 0.29) is 0 Å². The summed E-state index contributed by atoms with van der Waals surface area (Å²) in [5.41, 5.74) is 5.52. The first kappa shape index (κ1) is 23.8. The number of nitrogens with one attached hydrogen (secondary N) is 2. The molecule has 3 aromatic carbocycles. The highest BCUT2D eigenvalue weighted by molar-refractivity contribution is 5.43. The Bertz CT molecular complexity index is 928. The highest BCUT2D eigenvalue weighted by Crippen LogP contribution is 2.27. The molecule has 0 saturated heterocycles. The van der Waals surface area contributed by atoms with Crippen LogP contribution in [0.4, 0.5) is 0 Å². The van der Waals surface area contributed by atoms with Crippen LogP contribution in [-0.2, 0) is 25.7 Å². The lowest BCUT2D eigenvalue weighted by Gasteiger charge is -2.12. The smallest absolute Gasteiger partial charge is 0.160 e. The number of benzene rings is 3. The van der Waals surface area contributed by atoms with Gasteiger partial charge in [0.1, 0.15) is 0 Å². The molecule has 0 unspecified atom stereocenters. The molecule has 3 aromatic rings. The molecule has 4 nitrogen and oxygen atoms in total. The second kappa shape index (κ2) is 13.6. The molecule has 170 valence electrons. The van der Waals surface area contributed by atoms with E-state index in [0.717, 1.165) is 63.4 Å². The quantitative estimate of drug-likeness (QED) is 0.369. The zero-order valence-electron chi connectivity index (χ0n) is 19.4. The first-order chi connectivity index (χ1) is 15.8. The Kier molecular flexibility index (Phi) is 10.1. The van der Waals surface area contributed by atoms with Crippen molar-refractivity contribution in [2.45, 2.75) is 25.7 Å². The Labute approximate surface area is 193 Å². The number of methoxy groups -OCH3 is 2. The van der Waals surface area contributed by atoms with Gasteiger partial charge in [0.15, 0.2) is 11.5 Å². The van der Waals surface area contributed by atoms with E-state index in [9.17, 15) is 0 Å². The topological polar surface area (TPSA) is 42.5 Å². The summed E-state index contributed by atoms with van der Waals surface area (Å²) in [4.78, 5) is 0. The maximum absolute atomic E-state index is 5.39. The van der Waals surface area contributed by atoms with Crippen LogP contribution < -0.4 is 20.1 Å². The second-order valence-electron chi connectivity index (χ2n) is 7.94. The summed E-state index contributed by atoms with van der Waals surface area (Å²) < 4.78 is 10.7. The van der Waals surface area contributed by atoms with Crippen molar-refractivity contribution in [3.05, 3.63) is 95.1 Å². The molecule has 0 radical (unpaired) electrons. The van der Waals surface area contributed by atoms with E-state index < -0.39 is 0 Å². The van der Waals surface area contributed by atoms with E-state index in [1.807, 2.05) is 6.07 Å². The standard InChI is InChI=1S/C28H36N2O2/c1-31-27-13-12-24(22-28(27)32-2)15-19-30-21-17-26-11-7-6-10-25(26)16-20-29-18-14-23-8-4-3-5-9-23/h3-13,22,29-30H,14-21H2,1-2H3. The maximum Gasteiger partial charge on any atom is 0.160 e. The lowest BCUT2D eigenvalue weighted by Crippen LogP contribution is -2.22. The SMILES string of the molecule is COc1ccc(CCNCCc2ccccc2CCNCCc2ccccc2)cc1OC. The van der Waals surface area contributed by atoms with Gasteiger partial charge in [0.05, 0.1) is 14.2 Å². The monoisotopic (exact) mass is 432 g/mol. The summed E-state index contributed by atoms with van der Waals surface area (Å²) in [5, 5.41) is 7.17. The van der Waals surface area contributed by atoms with Gasteiger partial charge >= 0.3 is 0 Å². The summed E-state index contributed by atoms with van der Waals surface area (Å²) in [6, 6.07) is 25.6. The van der Waals surface area contributed by atoms with Gasteiger partial charge in [-0.15, -0.1) is 0 Å². The fourth-order valence-corrected chi connectivity index (χ4v) is 3.89. The normalized spacial score (nSPS) is 10.8. The molecule has 0 aliphatic carbocycles. The Hall–Kier alpha value is -2.82. The number of rotatable bonds is 14. The van der Waals surface area contributed by atoms with Gasteiger partial charge in [0, 0.05) is 0 Å². The van der Waals surface area contributed by atoms with Crippen LogP contribution in [0, 0.1) is 0 Å². The zero-order chi connectivity index (χ0) is 22.4. The van der Waals surface area contributed by atoms with Gasteiger partial charge in [-0.05, 0) is 86.2 Å². The molecule has 2 N–H and O–H groups in total. The minimum Gasteiger partial charge on any atom is -0.493 e. The molecule has 0 aliphatic heterocycles. The molecule has 0 aliphatic rings.